The number of aryl methyl sites for hydroxylation is 1. The molecule has 1 saturated heterocycles. The van der Waals surface area contributed by atoms with Gasteiger partial charge in [-0.2, -0.15) is 0 Å². The summed E-state index contributed by atoms with van der Waals surface area (Å²) in [5.41, 5.74) is 1.20. The fourth-order valence-electron chi connectivity index (χ4n) is 5.26. The van der Waals surface area contributed by atoms with Gasteiger partial charge in [-0.05, 0) is 51.7 Å². The summed E-state index contributed by atoms with van der Waals surface area (Å²) in [5, 5.41) is 6.44. The van der Waals surface area contributed by atoms with E-state index in [9.17, 15) is 23.6 Å². The normalized spacial score (nSPS) is 14.1. The smallest absolute Gasteiger partial charge is 0.414 e. The number of halogens is 2. The van der Waals surface area contributed by atoms with Crippen LogP contribution in [0, 0.1) is 5.82 Å². The van der Waals surface area contributed by atoms with Crippen LogP contribution in [0.4, 0.5) is 19.9 Å². The van der Waals surface area contributed by atoms with Crippen molar-refractivity contribution in [1.29, 1.82) is 0 Å². The zero-order valence-corrected chi connectivity index (χ0v) is 29.0. The van der Waals surface area contributed by atoms with Crippen molar-refractivity contribution in [3.63, 3.8) is 0 Å². The van der Waals surface area contributed by atoms with E-state index < -0.39 is 29.6 Å². The van der Waals surface area contributed by atoms with Crippen molar-refractivity contribution in [2.24, 2.45) is 0 Å². The molecular weight excluding hydrogens is 657 g/mol. The van der Waals surface area contributed by atoms with Crippen LogP contribution in [-0.2, 0) is 25.5 Å². The van der Waals surface area contributed by atoms with Crippen molar-refractivity contribution in [3.8, 4) is 11.3 Å². The van der Waals surface area contributed by atoms with Crippen LogP contribution in [0.5, 0.6) is 0 Å². The molecule has 264 valence electrons. The maximum Gasteiger partial charge on any atom is 0.414 e. The molecule has 0 aliphatic carbocycles. The number of nitrogens with zero attached hydrogens (tertiary/aromatic N) is 4. The summed E-state index contributed by atoms with van der Waals surface area (Å²) in [6.07, 6.45) is -0.174. The van der Waals surface area contributed by atoms with Gasteiger partial charge in [-0.3, -0.25) is 14.9 Å². The topological polar surface area (TPSA) is 135 Å². The third kappa shape index (κ3) is 11.2. The number of anilines is 1. The highest BCUT2D eigenvalue weighted by Gasteiger charge is 2.28. The zero-order valence-electron chi connectivity index (χ0n) is 28.2. The minimum absolute atomic E-state index is 0.0171. The van der Waals surface area contributed by atoms with Crippen LogP contribution < -0.4 is 5.32 Å². The van der Waals surface area contributed by atoms with Gasteiger partial charge in [-0.25, -0.2) is 14.0 Å². The summed E-state index contributed by atoms with van der Waals surface area (Å²) in [6, 6.07) is 14.6. The van der Waals surface area contributed by atoms with Crippen LogP contribution in [0.15, 0.2) is 59.1 Å². The van der Waals surface area contributed by atoms with Gasteiger partial charge >= 0.3 is 12.2 Å². The number of amides is 4. The number of benzene rings is 2. The highest BCUT2D eigenvalue weighted by molar-refractivity contribution is 6.31. The summed E-state index contributed by atoms with van der Waals surface area (Å²) in [7, 11) is 1.57. The number of rotatable bonds is 11. The molecule has 1 N–H and O–H groups in total. The number of nitrogens with one attached hydrogen (secondary N) is 1. The second kappa shape index (κ2) is 17.1. The van der Waals surface area contributed by atoms with E-state index in [0.717, 1.165) is 5.56 Å². The second-order valence-corrected chi connectivity index (χ2v) is 13.2. The molecule has 4 amide bonds. The third-order valence-electron chi connectivity index (χ3n) is 7.98. The van der Waals surface area contributed by atoms with Crippen molar-refractivity contribution in [1.82, 2.24) is 19.9 Å². The molecule has 3 aromatic rings. The van der Waals surface area contributed by atoms with Crippen molar-refractivity contribution >= 4 is 41.5 Å². The Bertz CT molecular complexity index is 1600. The van der Waals surface area contributed by atoms with Gasteiger partial charge in [0.05, 0.1) is 11.1 Å². The molecule has 1 fully saturated rings. The minimum Gasteiger partial charge on any atom is -0.447 e. The van der Waals surface area contributed by atoms with Crippen molar-refractivity contribution < 1.29 is 37.6 Å². The van der Waals surface area contributed by atoms with Gasteiger partial charge < -0.3 is 28.7 Å². The first-order valence-electron chi connectivity index (χ1n) is 16.2. The first-order chi connectivity index (χ1) is 23.3. The number of likely N-dealkylation sites (N-methyl/N-ethyl adjacent to an activating group) is 1. The van der Waals surface area contributed by atoms with Gasteiger partial charge in [0.1, 0.15) is 23.7 Å². The monoisotopic (exact) mass is 699 g/mol. The average molecular weight is 700 g/mol. The van der Waals surface area contributed by atoms with E-state index in [2.05, 4.69) is 10.5 Å². The Kier molecular flexibility index (Phi) is 13.0. The molecule has 2 aromatic carbocycles. The number of carbonyl (C=O) groups excluding carboxylic acids is 4. The lowest BCUT2D eigenvalue weighted by atomic mass is 10.1. The van der Waals surface area contributed by atoms with Crippen LogP contribution in [0.2, 0.25) is 5.02 Å². The summed E-state index contributed by atoms with van der Waals surface area (Å²) < 4.78 is 30.1. The van der Waals surface area contributed by atoms with Crippen molar-refractivity contribution in [3.05, 3.63) is 71.0 Å². The number of hydrogen-bond acceptors (Lipinski definition) is 8. The van der Waals surface area contributed by atoms with E-state index in [4.69, 9.17) is 25.6 Å². The summed E-state index contributed by atoms with van der Waals surface area (Å²) >= 11 is 6.08. The number of hydrogen-bond donors (Lipinski definition) is 1. The molecule has 1 atom stereocenters. The Morgan fingerprint density at radius 3 is 2.47 bits per heavy atom. The van der Waals surface area contributed by atoms with E-state index >= 15 is 0 Å². The molecule has 2 heterocycles. The maximum absolute atomic E-state index is 13.9. The lowest BCUT2D eigenvalue weighted by Gasteiger charge is -2.29. The van der Waals surface area contributed by atoms with E-state index in [1.54, 1.807) is 49.8 Å². The fraction of sp³-hybridized carbons (Fsp3) is 0.457. The van der Waals surface area contributed by atoms with Crippen LogP contribution in [0.1, 0.15) is 52.0 Å². The van der Waals surface area contributed by atoms with E-state index in [0.29, 0.717) is 43.9 Å². The lowest BCUT2D eigenvalue weighted by molar-refractivity contribution is -0.135. The van der Waals surface area contributed by atoms with Crippen LogP contribution in [0.25, 0.3) is 11.3 Å². The predicted octanol–water partition coefficient (Wildman–Crippen LogP) is 6.39. The Morgan fingerprint density at radius 1 is 1.02 bits per heavy atom. The highest BCUT2D eigenvalue weighted by Crippen LogP contribution is 2.23. The molecule has 0 bridgehead atoms. The first kappa shape index (κ1) is 37.2. The molecule has 0 radical (unpaired) electrons. The largest absolute Gasteiger partial charge is 0.447 e. The number of ether oxygens (including phenoxy) is 2. The maximum atomic E-state index is 13.9. The van der Waals surface area contributed by atoms with Crippen LogP contribution >= 0.6 is 11.6 Å². The molecule has 1 aromatic heterocycles. The Labute approximate surface area is 290 Å². The SMILES string of the molecule is CN(C(=O)CCc1cccc(F)c1Cl)[C@@H](CCC(=O)N1CCCN(C(=O)OC(C)(C)C)CC1)COC(=O)Nc1cc(-c2ccccc2)no1. The molecule has 4 rings (SSSR count). The Morgan fingerprint density at radius 2 is 1.73 bits per heavy atom. The molecule has 0 spiro atoms. The van der Waals surface area contributed by atoms with Crippen LogP contribution in [0.3, 0.4) is 0 Å². The molecule has 49 heavy (non-hydrogen) atoms. The standard InChI is InChI=1S/C35H43ClFN5O7/c1-35(2,3)48-34(46)42-19-9-18-41(20-21-42)31(44)17-15-26(40(4)30(43)16-14-25-12-8-13-27(37)32(25)36)23-47-33(45)38-29-22-28(39-49-29)24-10-6-5-7-11-24/h5-8,10-13,22,26H,9,14-21,23H2,1-4H3,(H,38,45)/t26-/m0/s1. The molecular formula is C35H43ClFN5O7. The van der Waals surface area contributed by atoms with Gasteiger partial charge in [0.25, 0.3) is 0 Å². The Hall–Kier alpha value is -4.65. The summed E-state index contributed by atoms with van der Waals surface area (Å²) in [4.78, 5) is 56.6. The minimum atomic E-state index is -0.825. The Balaban J connectivity index is 1.36. The van der Waals surface area contributed by atoms with Gasteiger partial charge in [0.2, 0.25) is 17.7 Å². The van der Waals surface area contributed by atoms with Crippen molar-refractivity contribution in [2.75, 3.05) is 45.2 Å². The van der Waals surface area contributed by atoms with Gasteiger partial charge in [0, 0.05) is 57.7 Å². The number of aromatic nitrogens is 1. The summed E-state index contributed by atoms with van der Waals surface area (Å²) in [5.74, 6) is -0.940. The lowest BCUT2D eigenvalue weighted by Crippen LogP contribution is -2.43. The molecule has 0 unspecified atom stereocenters. The average Bonchev–Trinajstić information content (AvgIpc) is 3.38. The second-order valence-electron chi connectivity index (χ2n) is 12.8. The first-order valence-corrected chi connectivity index (χ1v) is 16.6. The quantitative estimate of drug-likeness (QED) is 0.243. The van der Waals surface area contributed by atoms with E-state index in [-0.39, 0.29) is 55.0 Å². The highest BCUT2D eigenvalue weighted by atomic mass is 35.5. The van der Waals surface area contributed by atoms with Gasteiger partial charge in [-0.1, -0.05) is 59.2 Å². The van der Waals surface area contributed by atoms with Crippen LogP contribution in [-0.4, -0.2) is 95.3 Å². The third-order valence-corrected chi connectivity index (χ3v) is 8.41. The molecule has 12 nitrogen and oxygen atoms in total. The molecule has 1 aliphatic heterocycles. The van der Waals surface area contributed by atoms with Gasteiger partial charge in [0.15, 0.2) is 0 Å². The predicted molar refractivity (Wildman–Crippen MR) is 181 cm³/mol. The van der Waals surface area contributed by atoms with E-state index in [1.807, 2.05) is 30.3 Å². The molecule has 0 saturated carbocycles. The zero-order chi connectivity index (χ0) is 35.6. The van der Waals surface area contributed by atoms with Crippen molar-refractivity contribution in [2.45, 2.75) is 64.5 Å². The van der Waals surface area contributed by atoms with E-state index in [1.165, 1.54) is 17.0 Å². The van der Waals surface area contributed by atoms with Gasteiger partial charge in [-0.15, -0.1) is 0 Å². The molecule has 1 aliphatic rings. The molecule has 14 heteroatoms. The summed E-state index contributed by atoms with van der Waals surface area (Å²) in [6.45, 7) is 6.80. The number of carbonyl (C=O) groups is 4. The fourth-order valence-corrected chi connectivity index (χ4v) is 5.48.